The summed E-state index contributed by atoms with van der Waals surface area (Å²) >= 11 is 0. The van der Waals surface area contributed by atoms with E-state index in [0.29, 0.717) is 45.0 Å². The average Bonchev–Trinajstić information content (AvgIpc) is 2.74. The van der Waals surface area contributed by atoms with Gasteiger partial charge in [-0.25, -0.2) is 4.79 Å². The number of hydrogen-bond donors (Lipinski definition) is 0. The van der Waals surface area contributed by atoms with E-state index in [1.807, 2.05) is 13.8 Å². The molecule has 1 fully saturated rings. The predicted octanol–water partition coefficient (Wildman–Crippen LogP) is 2.23. The van der Waals surface area contributed by atoms with Crippen molar-refractivity contribution >= 4 is 6.09 Å². The zero-order valence-corrected chi connectivity index (χ0v) is 13.6. The van der Waals surface area contributed by atoms with Gasteiger partial charge in [0.15, 0.2) is 0 Å². The number of nitrogens with zero attached hydrogens (tertiary/aromatic N) is 4. The van der Waals surface area contributed by atoms with Gasteiger partial charge in [-0.2, -0.15) is 10.5 Å². The van der Waals surface area contributed by atoms with Crippen LogP contribution < -0.4 is 0 Å². The van der Waals surface area contributed by atoms with Gasteiger partial charge in [0, 0.05) is 32.6 Å². The fourth-order valence-electron chi connectivity index (χ4n) is 2.41. The van der Waals surface area contributed by atoms with Gasteiger partial charge >= 0.3 is 6.09 Å². The van der Waals surface area contributed by atoms with Gasteiger partial charge in [0.25, 0.3) is 0 Å². The van der Waals surface area contributed by atoms with Crippen molar-refractivity contribution in [2.24, 2.45) is 11.8 Å². The topological polar surface area (TPSA) is 80.4 Å². The third-order valence-electron chi connectivity index (χ3n) is 3.65. The summed E-state index contributed by atoms with van der Waals surface area (Å²) in [7, 11) is 0. The van der Waals surface area contributed by atoms with Crippen LogP contribution in [0.5, 0.6) is 0 Å². The predicted molar refractivity (Wildman–Crippen MR) is 82.8 cm³/mol. The molecule has 0 N–H and O–H groups in total. The Balaban J connectivity index is 2.40. The van der Waals surface area contributed by atoms with E-state index in [2.05, 4.69) is 17.0 Å². The summed E-state index contributed by atoms with van der Waals surface area (Å²) in [6.07, 6.45) is 1.67. The van der Waals surface area contributed by atoms with Crippen LogP contribution in [0.4, 0.5) is 4.79 Å². The van der Waals surface area contributed by atoms with Crippen LogP contribution in [-0.4, -0.2) is 55.2 Å². The Labute approximate surface area is 133 Å². The Kier molecular flexibility index (Phi) is 8.32. The van der Waals surface area contributed by atoms with Crippen LogP contribution in [0.15, 0.2) is 0 Å². The maximum Gasteiger partial charge on any atom is 0.409 e. The number of carbonyl (C=O) groups excluding carboxylic acids is 1. The zero-order chi connectivity index (χ0) is 16.4. The summed E-state index contributed by atoms with van der Waals surface area (Å²) in [5.41, 5.74) is 0. The van der Waals surface area contributed by atoms with Crippen LogP contribution in [0.1, 0.15) is 33.1 Å². The SMILES string of the molecule is CC(C)COC(=O)N1CCCN(C[C@@H](C#N)CCC#N)CC1. The van der Waals surface area contributed by atoms with Crippen molar-refractivity contribution in [1.29, 1.82) is 10.5 Å². The molecule has 0 unspecified atom stereocenters. The van der Waals surface area contributed by atoms with Crippen LogP contribution >= 0.6 is 0 Å². The molecule has 0 bridgehead atoms. The average molecular weight is 306 g/mol. The van der Waals surface area contributed by atoms with Crippen molar-refractivity contribution in [3.63, 3.8) is 0 Å². The molecule has 0 spiro atoms. The van der Waals surface area contributed by atoms with Crippen LogP contribution in [0, 0.1) is 34.5 Å². The monoisotopic (exact) mass is 306 g/mol. The summed E-state index contributed by atoms with van der Waals surface area (Å²) in [5.74, 6) is 0.225. The van der Waals surface area contributed by atoms with Crippen LogP contribution in [0.2, 0.25) is 0 Å². The summed E-state index contributed by atoms with van der Waals surface area (Å²) < 4.78 is 5.27. The van der Waals surface area contributed by atoms with Crippen LogP contribution in [0.3, 0.4) is 0 Å². The number of ether oxygens (including phenoxy) is 1. The second-order valence-electron chi connectivity index (χ2n) is 6.13. The van der Waals surface area contributed by atoms with E-state index in [9.17, 15) is 4.79 Å². The molecule has 0 radical (unpaired) electrons. The maximum absolute atomic E-state index is 12.0. The smallest absolute Gasteiger partial charge is 0.409 e. The summed E-state index contributed by atoms with van der Waals surface area (Å²) in [6.45, 7) is 8.11. The molecular formula is C16H26N4O2. The van der Waals surface area contributed by atoms with E-state index in [1.54, 1.807) is 4.90 Å². The van der Waals surface area contributed by atoms with Crippen LogP contribution in [-0.2, 0) is 4.74 Å². The molecule has 1 heterocycles. The first-order valence-corrected chi connectivity index (χ1v) is 7.97. The molecule has 0 aromatic rings. The van der Waals surface area contributed by atoms with E-state index in [0.717, 1.165) is 19.5 Å². The first kappa shape index (κ1) is 18.3. The van der Waals surface area contributed by atoms with Crippen molar-refractivity contribution in [3.05, 3.63) is 0 Å². The van der Waals surface area contributed by atoms with Crippen LogP contribution in [0.25, 0.3) is 0 Å². The van der Waals surface area contributed by atoms with E-state index in [1.165, 1.54) is 0 Å². The minimum Gasteiger partial charge on any atom is -0.449 e. The van der Waals surface area contributed by atoms with E-state index in [4.69, 9.17) is 15.3 Å². The molecular weight excluding hydrogens is 280 g/mol. The minimum atomic E-state index is -0.239. The van der Waals surface area contributed by atoms with E-state index in [-0.39, 0.29) is 12.0 Å². The molecule has 6 nitrogen and oxygen atoms in total. The molecule has 1 amide bonds. The second kappa shape index (κ2) is 10.0. The number of nitriles is 2. The first-order valence-electron chi connectivity index (χ1n) is 7.97. The van der Waals surface area contributed by atoms with Gasteiger partial charge in [-0.1, -0.05) is 13.8 Å². The van der Waals surface area contributed by atoms with Gasteiger partial charge in [-0.3, -0.25) is 0 Å². The molecule has 0 aromatic carbocycles. The highest BCUT2D eigenvalue weighted by molar-refractivity contribution is 5.67. The Morgan fingerprint density at radius 3 is 2.64 bits per heavy atom. The third kappa shape index (κ3) is 6.78. The van der Waals surface area contributed by atoms with Crippen molar-refractivity contribution in [3.8, 4) is 12.1 Å². The van der Waals surface area contributed by atoms with Gasteiger partial charge in [0.2, 0.25) is 0 Å². The minimum absolute atomic E-state index is 0.112. The van der Waals surface area contributed by atoms with Gasteiger partial charge in [-0.15, -0.1) is 0 Å². The number of rotatable bonds is 6. The highest BCUT2D eigenvalue weighted by atomic mass is 16.6. The fourth-order valence-corrected chi connectivity index (χ4v) is 2.41. The maximum atomic E-state index is 12.0. The molecule has 1 saturated heterocycles. The zero-order valence-electron chi connectivity index (χ0n) is 13.6. The lowest BCUT2D eigenvalue weighted by molar-refractivity contribution is 0.0929. The van der Waals surface area contributed by atoms with Gasteiger partial charge < -0.3 is 14.5 Å². The highest BCUT2D eigenvalue weighted by Crippen LogP contribution is 2.11. The molecule has 122 valence electrons. The van der Waals surface area contributed by atoms with Crippen molar-refractivity contribution < 1.29 is 9.53 Å². The van der Waals surface area contributed by atoms with E-state index >= 15 is 0 Å². The molecule has 0 saturated carbocycles. The number of hydrogen-bond acceptors (Lipinski definition) is 5. The lowest BCUT2D eigenvalue weighted by Crippen LogP contribution is -2.37. The number of amides is 1. The molecule has 22 heavy (non-hydrogen) atoms. The Morgan fingerprint density at radius 2 is 2.00 bits per heavy atom. The fraction of sp³-hybridized carbons (Fsp3) is 0.812. The lowest BCUT2D eigenvalue weighted by atomic mass is 10.0. The molecule has 1 aliphatic heterocycles. The highest BCUT2D eigenvalue weighted by Gasteiger charge is 2.22. The molecule has 0 aliphatic carbocycles. The Bertz CT molecular complexity index is 425. The largest absolute Gasteiger partial charge is 0.449 e. The lowest BCUT2D eigenvalue weighted by Gasteiger charge is -2.23. The summed E-state index contributed by atoms with van der Waals surface area (Å²) in [6, 6.07) is 4.36. The summed E-state index contributed by atoms with van der Waals surface area (Å²) in [5, 5.41) is 17.8. The van der Waals surface area contributed by atoms with Gasteiger partial charge in [-0.05, 0) is 25.3 Å². The summed E-state index contributed by atoms with van der Waals surface area (Å²) in [4.78, 5) is 15.9. The molecule has 6 heteroatoms. The normalized spacial score (nSPS) is 17.4. The second-order valence-corrected chi connectivity index (χ2v) is 6.13. The molecule has 1 aliphatic rings. The first-order chi connectivity index (χ1) is 10.6. The Morgan fingerprint density at radius 1 is 1.23 bits per heavy atom. The van der Waals surface area contributed by atoms with Crippen molar-refractivity contribution in [2.45, 2.75) is 33.1 Å². The van der Waals surface area contributed by atoms with Gasteiger partial charge in [0.1, 0.15) is 0 Å². The molecule has 0 aromatic heterocycles. The van der Waals surface area contributed by atoms with Crippen molar-refractivity contribution in [2.75, 3.05) is 39.3 Å². The number of carbonyl (C=O) groups is 1. The van der Waals surface area contributed by atoms with E-state index < -0.39 is 0 Å². The molecule has 1 rings (SSSR count). The molecule has 1 atom stereocenters. The van der Waals surface area contributed by atoms with Gasteiger partial charge in [0.05, 0.1) is 24.7 Å². The third-order valence-corrected chi connectivity index (χ3v) is 3.65. The van der Waals surface area contributed by atoms with Crippen molar-refractivity contribution in [1.82, 2.24) is 9.80 Å². The Hall–Kier alpha value is -1.79. The standard InChI is InChI=1S/C16H26N4O2/c1-14(2)13-22-16(21)20-8-4-7-19(9-10-20)12-15(11-18)5-3-6-17/h14-15H,3-5,7-10,12-13H2,1-2H3/t15-/m1/s1. The quantitative estimate of drug-likeness (QED) is 0.751.